The molecule has 1 aliphatic heterocycles. The highest BCUT2D eigenvalue weighted by atomic mass is 35.5. The Balaban J connectivity index is 1.79. The Kier molecular flexibility index (Phi) is 5.07. The highest BCUT2D eigenvalue weighted by Crippen LogP contribution is 2.33. The minimum atomic E-state index is -0.192. The summed E-state index contributed by atoms with van der Waals surface area (Å²) in [5.74, 6) is 0.731. The largest absolute Gasteiger partial charge is 0.495 e. The van der Waals surface area contributed by atoms with Gasteiger partial charge in [-0.15, -0.1) is 0 Å². The van der Waals surface area contributed by atoms with Crippen molar-refractivity contribution in [2.24, 2.45) is 0 Å². The third-order valence-corrected chi connectivity index (χ3v) is 4.68. The van der Waals surface area contributed by atoms with Gasteiger partial charge in [0.05, 0.1) is 18.8 Å². The van der Waals surface area contributed by atoms with Gasteiger partial charge in [-0.25, -0.2) is 0 Å². The third-order valence-electron chi connectivity index (χ3n) is 4.44. The molecule has 1 unspecified atom stereocenters. The second kappa shape index (κ2) is 7.24. The zero-order chi connectivity index (χ0) is 17.1. The number of ether oxygens (including phenoxy) is 1. The van der Waals surface area contributed by atoms with E-state index in [2.05, 4.69) is 17.0 Å². The summed E-state index contributed by atoms with van der Waals surface area (Å²) in [5.41, 5.74) is 1.95. The standard InChI is InChI=1S/C19H21ClN2O2/c1-14-19(23)22(17-12-16(20)8-9-18(17)24-2)11-10-21(14)13-15-6-4-3-5-7-15/h3-9,12,14H,10-11,13H2,1-2H3. The van der Waals surface area contributed by atoms with Crippen molar-refractivity contribution in [3.8, 4) is 5.75 Å². The molecule has 1 amide bonds. The van der Waals surface area contributed by atoms with E-state index in [-0.39, 0.29) is 11.9 Å². The van der Waals surface area contributed by atoms with E-state index in [0.717, 1.165) is 18.8 Å². The van der Waals surface area contributed by atoms with Crippen molar-refractivity contribution in [1.82, 2.24) is 4.90 Å². The van der Waals surface area contributed by atoms with E-state index < -0.39 is 0 Å². The summed E-state index contributed by atoms with van der Waals surface area (Å²) in [4.78, 5) is 16.9. The maximum Gasteiger partial charge on any atom is 0.244 e. The number of benzene rings is 2. The first-order chi connectivity index (χ1) is 11.6. The van der Waals surface area contributed by atoms with Gasteiger partial charge in [0.1, 0.15) is 5.75 Å². The molecule has 2 aromatic carbocycles. The van der Waals surface area contributed by atoms with E-state index in [9.17, 15) is 4.79 Å². The average molecular weight is 345 g/mol. The molecule has 24 heavy (non-hydrogen) atoms. The second-order valence-corrected chi connectivity index (χ2v) is 6.37. The number of hydrogen-bond donors (Lipinski definition) is 0. The van der Waals surface area contributed by atoms with Crippen molar-refractivity contribution in [3.63, 3.8) is 0 Å². The fourth-order valence-corrected chi connectivity index (χ4v) is 3.23. The van der Waals surface area contributed by atoms with Gasteiger partial charge in [-0.1, -0.05) is 41.9 Å². The van der Waals surface area contributed by atoms with Crippen LogP contribution in [0.15, 0.2) is 48.5 Å². The third kappa shape index (κ3) is 3.40. The number of piperazine rings is 1. The number of hydrogen-bond acceptors (Lipinski definition) is 3. The van der Waals surface area contributed by atoms with E-state index >= 15 is 0 Å². The molecule has 0 spiro atoms. The molecular weight excluding hydrogens is 324 g/mol. The van der Waals surface area contributed by atoms with Crippen LogP contribution in [0.5, 0.6) is 5.75 Å². The van der Waals surface area contributed by atoms with Gasteiger partial charge >= 0.3 is 0 Å². The van der Waals surface area contributed by atoms with Crippen LogP contribution in [0.25, 0.3) is 0 Å². The van der Waals surface area contributed by atoms with Crippen LogP contribution in [-0.4, -0.2) is 37.0 Å². The highest BCUT2D eigenvalue weighted by Gasteiger charge is 2.33. The maximum atomic E-state index is 12.9. The molecule has 0 radical (unpaired) electrons. The van der Waals surface area contributed by atoms with Crippen LogP contribution in [0.4, 0.5) is 5.69 Å². The topological polar surface area (TPSA) is 32.8 Å². The molecule has 1 saturated heterocycles. The minimum Gasteiger partial charge on any atom is -0.495 e. The van der Waals surface area contributed by atoms with Gasteiger partial charge in [0, 0.05) is 24.7 Å². The number of halogens is 1. The van der Waals surface area contributed by atoms with Gasteiger partial charge in [-0.2, -0.15) is 0 Å². The van der Waals surface area contributed by atoms with E-state index in [1.54, 1.807) is 30.2 Å². The van der Waals surface area contributed by atoms with Gasteiger partial charge in [-0.05, 0) is 30.7 Å². The normalized spacial score (nSPS) is 18.7. The highest BCUT2D eigenvalue weighted by molar-refractivity contribution is 6.31. The van der Waals surface area contributed by atoms with E-state index in [1.807, 2.05) is 25.1 Å². The number of methoxy groups -OCH3 is 1. The van der Waals surface area contributed by atoms with Crippen molar-refractivity contribution in [3.05, 3.63) is 59.1 Å². The fraction of sp³-hybridized carbons (Fsp3) is 0.316. The monoisotopic (exact) mass is 344 g/mol. The maximum absolute atomic E-state index is 12.9. The molecule has 3 rings (SSSR count). The fourth-order valence-electron chi connectivity index (χ4n) is 3.06. The molecule has 0 bridgehead atoms. The summed E-state index contributed by atoms with van der Waals surface area (Å²) in [6, 6.07) is 15.4. The van der Waals surface area contributed by atoms with Gasteiger partial charge < -0.3 is 9.64 Å². The molecule has 1 atom stereocenters. The number of rotatable bonds is 4. The summed E-state index contributed by atoms with van der Waals surface area (Å²) in [6.45, 7) is 4.15. The van der Waals surface area contributed by atoms with Crippen molar-refractivity contribution in [2.75, 3.05) is 25.1 Å². The Labute approximate surface area is 147 Å². The Bertz CT molecular complexity index is 721. The van der Waals surface area contributed by atoms with Crippen LogP contribution in [0.2, 0.25) is 5.02 Å². The molecule has 1 heterocycles. The van der Waals surface area contributed by atoms with Crippen LogP contribution >= 0.6 is 11.6 Å². The summed E-state index contributed by atoms with van der Waals surface area (Å²) in [5, 5.41) is 0.595. The van der Waals surface area contributed by atoms with Crippen LogP contribution < -0.4 is 9.64 Å². The van der Waals surface area contributed by atoms with Gasteiger partial charge in [0.2, 0.25) is 5.91 Å². The molecule has 2 aromatic rings. The smallest absolute Gasteiger partial charge is 0.244 e. The summed E-state index contributed by atoms with van der Waals surface area (Å²) < 4.78 is 5.39. The quantitative estimate of drug-likeness (QED) is 0.849. The van der Waals surface area contributed by atoms with E-state index in [0.29, 0.717) is 17.3 Å². The summed E-state index contributed by atoms with van der Waals surface area (Å²) in [6.07, 6.45) is 0. The summed E-state index contributed by atoms with van der Waals surface area (Å²) in [7, 11) is 1.60. The number of carbonyl (C=O) groups excluding carboxylic acids is 1. The predicted molar refractivity (Wildman–Crippen MR) is 96.7 cm³/mol. The SMILES string of the molecule is COc1ccc(Cl)cc1N1CCN(Cc2ccccc2)C(C)C1=O. The minimum absolute atomic E-state index is 0.0674. The molecule has 4 nitrogen and oxygen atoms in total. The lowest BCUT2D eigenvalue weighted by atomic mass is 10.1. The second-order valence-electron chi connectivity index (χ2n) is 5.94. The van der Waals surface area contributed by atoms with Crippen LogP contribution in [0.3, 0.4) is 0 Å². The molecule has 1 fully saturated rings. The van der Waals surface area contributed by atoms with Gasteiger partial charge in [0.25, 0.3) is 0 Å². The number of amides is 1. The van der Waals surface area contributed by atoms with E-state index in [1.165, 1.54) is 5.56 Å². The first-order valence-electron chi connectivity index (χ1n) is 8.03. The van der Waals surface area contributed by atoms with Gasteiger partial charge in [0.15, 0.2) is 0 Å². The number of nitrogens with zero attached hydrogens (tertiary/aromatic N) is 2. The van der Waals surface area contributed by atoms with Crippen molar-refractivity contribution < 1.29 is 9.53 Å². The van der Waals surface area contributed by atoms with Gasteiger partial charge in [-0.3, -0.25) is 9.69 Å². The van der Waals surface area contributed by atoms with Crippen LogP contribution in [0, 0.1) is 0 Å². The first kappa shape index (κ1) is 16.8. The lowest BCUT2D eigenvalue weighted by Crippen LogP contribution is -2.55. The molecule has 0 saturated carbocycles. The molecule has 1 aliphatic rings. The molecular formula is C19H21ClN2O2. The Morgan fingerprint density at radius 2 is 1.92 bits per heavy atom. The molecule has 5 heteroatoms. The van der Waals surface area contributed by atoms with Crippen molar-refractivity contribution in [2.45, 2.75) is 19.5 Å². The summed E-state index contributed by atoms with van der Waals surface area (Å²) >= 11 is 6.11. The molecule has 0 aromatic heterocycles. The molecule has 0 aliphatic carbocycles. The molecule has 0 N–H and O–H groups in total. The Morgan fingerprint density at radius 1 is 1.17 bits per heavy atom. The Morgan fingerprint density at radius 3 is 2.62 bits per heavy atom. The van der Waals surface area contributed by atoms with Crippen molar-refractivity contribution >= 4 is 23.2 Å². The van der Waals surface area contributed by atoms with Crippen LogP contribution in [0.1, 0.15) is 12.5 Å². The Hall–Kier alpha value is -2.04. The van der Waals surface area contributed by atoms with Crippen LogP contribution in [-0.2, 0) is 11.3 Å². The predicted octanol–water partition coefficient (Wildman–Crippen LogP) is 3.59. The number of carbonyl (C=O) groups is 1. The zero-order valence-electron chi connectivity index (χ0n) is 13.9. The lowest BCUT2D eigenvalue weighted by Gasteiger charge is -2.39. The molecule has 126 valence electrons. The van der Waals surface area contributed by atoms with Crippen molar-refractivity contribution in [1.29, 1.82) is 0 Å². The number of anilines is 1. The average Bonchev–Trinajstić information content (AvgIpc) is 2.60. The zero-order valence-corrected chi connectivity index (χ0v) is 14.7. The lowest BCUT2D eigenvalue weighted by molar-refractivity contribution is -0.125. The van der Waals surface area contributed by atoms with E-state index in [4.69, 9.17) is 16.3 Å². The first-order valence-corrected chi connectivity index (χ1v) is 8.41.